The molecular formula is C15H25N3OS. The third-order valence-electron chi connectivity index (χ3n) is 3.51. The summed E-state index contributed by atoms with van der Waals surface area (Å²) in [5.74, 6) is 0.146. The fourth-order valence-electron chi connectivity index (χ4n) is 2.53. The van der Waals surface area contributed by atoms with Crippen LogP contribution >= 0.6 is 11.3 Å². The molecule has 0 radical (unpaired) electrons. The van der Waals surface area contributed by atoms with Crippen molar-refractivity contribution in [2.24, 2.45) is 0 Å². The Hall–Kier alpha value is -0.910. The van der Waals surface area contributed by atoms with Gasteiger partial charge in [0.2, 0.25) is 5.91 Å². The van der Waals surface area contributed by atoms with E-state index in [0.717, 1.165) is 39.0 Å². The quantitative estimate of drug-likeness (QED) is 0.863. The molecule has 1 aromatic rings. The predicted molar refractivity (Wildman–Crippen MR) is 84.3 cm³/mol. The molecule has 0 saturated carbocycles. The zero-order valence-electron chi connectivity index (χ0n) is 12.4. The molecule has 1 unspecified atom stereocenters. The van der Waals surface area contributed by atoms with Crippen molar-refractivity contribution in [3.05, 3.63) is 21.9 Å². The van der Waals surface area contributed by atoms with Crippen LogP contribution in [0, 0.1) is 6.92 Å². The van der Waals surface area contributed by atoms with E-state index in [0.29, 0.717) is 6.54 Å². The van der Waals surface area contributed by atoms with Gasteiger partial charge < -0.3 is 10.6 Å². The van der Waals surface area contributed by atoms with Gasteiger partial charge in [0.15, 0.2) is 0 Å². The highest BCUT2D eigenvalue weighted by Gasteiger charge is 2.14. The second kappa shape index (κ2) is 7.76. The third-order valence-corrected chi connectivity index (χ3v) is 4.53. The van der Waals surface area contributed by atoms with E-state index < -0.39 is 0 Å². The first kappa shape index (κ1) is 15.5. The molecule has 1 amide bonds. The molecule has 0 aromatic carbocycles. The smallest absolute Gasteiger partial charge is 0.234 e. The van der Waals surface area contributed by atoms with Gasteiger partial charge in [-0.1, -0.05) is 0 Å². The Kier molecular flexibility index (Phi) is 6.01. The molecule has 112 valence electrons. The van der Waals surface area contributed by atoms with Gasteiger partial charge in [-0.3, -0.25) is 9.69 Å². The van der Waals surface area contributed by atoms with Crippen LogP contribution < -0.4 is 10.6 Å². The van der Waals surface area contributed by atoms with Crippen molar-refractivity contribution in [2.75, 3.05) is 32.7 Å². The molecule has 0 aliphatic carbocycles. The number of thiophene rings is 1. The van der Waals surface area contributed by atoms with Gasteiger partial charge in [0.05, 0.1) is 6.54 Å². The molecule has 4 nitrogen and oxygen atoms in total. The van der Waals surface area contributed by atoms with Crippen LogP contribution in [0.15, 0.2) is 12.1 Å². The molecule has 2 N–H and O–H groups in total. The minimum atomic E-state index is 0.146. The van der Waals surface area contributed by atoms with Crippen LogP contribution in [0.4, 0.5) is 0 Å². The molecule has 0 spiro atoms. The minimum absolute atomic E-state index is 0.146. The summed E-state index contributed by atoms with van der Waals surface area (Å²) < 4.78 is 0. The number of carbonyl (C=O) groups is 1. The molecule has 1 atom stereocenters. The van der Waals surface area contributed by atoms with Crippen molar-refractivity contribution >= 4 is 17.2 Å². The molecule has 0 bridgehead atoms. The van der Waals surface area contributed by atoms with Crippen LogP contribution in [-0.2, 0) is 11.2 Å². The van der Waals surface area contributed by atoms with Gasteiger partial charge in [0.25, 0.3) is 0 Å². The largest absolute Gasteiger partial charge is 0.352 e. The first-order chi connectivity index (χ1) is 9.63. The maximum atomic E-state index is 12.1. The first-order valence-electron chi connectivity index (χ1n) is 7.41. The summed E-state index contributed by atoms with van der Waals surface area (Å²) in [6.07, 6.45) is 2.04. The summed E-state index contributed by atoms with van der Waals surface area (Å²) in [6.45, 7) is 8.74. The fraction of sp³-hybridized carbons (Fsp3) is 0.667. The second-order valence-corrected chi connectivity index (χ2v) is 6.94. The zero-order valence-corrected chi connectivity index (χ0v) is 13.3. The highest BCUT2D eigenvalue weighted by molar-refractivity contribution is 7.11. The van der Waals surface area contributed by atoms with Gasteiger partial charge in [-0.05, 0) is 45.5 Å². The summed E-state index contributed by atoms with van der Waals surface area (Å²) in [4.78, 5) is 17.0. The van der Waals surface area contributed by atoms with E-state index >= 15 is 0 Å². The van der Waals surface area contributed by atoms with E-state index in [9.17, 15) is 4.79 Å². The Morgan fingerprint density at radius 3 is 3.05 bits per heavy atom. The van der Waals surface area contributed by atoms with Crippen LogP contribution in [0.1, 0.15) is 23.1 Å². The van der Waals surface area contributed by atoms with Gasteiger partial charge in [-0.15, -0.1) is 11.3 Å². The molecule has 20 heavy (non-hydrogen) atoms. The Labute approximate surface area is 125 Å². The van der Waals surface area contributed by atoms with Crippen LogP contribution in [-0.4, -0.2) is 49.6 Å². The summed E-state index contributed by atoms with van der Waals surface area (Å²) in [7, 11) is 0. The number of amides is 1. The first-order valence-corrected chi connectivity index (χ1v) is 8.23. The fourth-order valence-corrected chi connectivity index (χ4v) is 3.55. The molecule has 1 fully saturated rings. The van der Waals surface area contributed by atoms with Crippen molar-refractivity contribution in [3.63, 3.8) is 0 Å². The molecule has 2 heterocycles. The highest BCUT2D eigenvalue weighted by Crippen LogP contribution is 2.16. The number of carbonyl (C=O) groups excluding carboxylic acids is 1. The van der Waals surface area contributed by atoms with Gasteiger partial charge >= 0.3 is 0 Å². The molecule has 5 heteroatoms. The van der Waals surface area contributed by atoms with Crippen molar-refractivity contribution in [1.82, 2.24) is 15.5 Å². The van der Waals surface area contributed by atoms with E-state index in [2.05, 4.69) is 41.5 Å². The van der Waals surface area contributed by atoms with Gasteiger partial charge in [0, 0.05) is 35.3 Å². The molecule has 1 aromatic heterocycles. The van der Waals surface area contributed by atoms with Gasteiger partial charge in [0.1, 0.15) is 0 Å². The van der Waals surface area contributed by atoms with E-state index in [-0.39, 0.29) is 11.9 Å². The van der Waals surface area contributed by atoms with Crippen LogP contribution in [0.3, 0.4) is 0 Å². The number of hydrogen-bond acceptors (Lipinski definition) is 4. The Bertz CT molecular complexity index is 425. The molecule has 1 saturated heterocycles. The molecule has 1 aliphatic heterocycles. The lowest BCUT2D eigenvalue weighted by atomic mass is 10.2. The lowest BCUT2D eigenvalue weighted by molar-refractivity contribution is -0.122. The number of aryl methyl sites for hydroxylation is 1. The van der Waals surface area contributed by atoms with E-state index in [4.69, 9.17) is 0 Å². The summed E-state index contributed by atoms with van der Waals surface area (Å²) in [5.41, 5.74) is 0. The van der Waals surface area contributed by atoms with Crippen LogP contribution in [0.25, 0.3) is 0 Å². The van der Waals surface area contributed by atoms with E-state index in [1.807, 2.05) is 11.3 Å². The van der Waals surface area contributed by atoms with Crippen LogP contribution in [0.2, 0.25) is 0 Å². The highest BCUT2D eigenvalue weighted by atomic mass is 32.1. The number of nitrogens with zero attached hydrogens (tertiary/aromatic N) is 1. The Morgan fingerprint density at radius 2 is 2.30 bits per heavy atom. The van der Waals surface area contributed by atoms with Crippen molar-refractivity contribution < 1.29 is 4.79 Å². The summed E-state index contributed by atoms with van der Waals surface area (Å²) in [6, 6.07) is 4.49. The SMILES string of the molecule is Cc1ccc(CC(C)NC(=O)CN2CCCNCC2)s1. The topological polar surface area (TPSA) is 44.4 Å². The lowest BCUT2D eigenvalue weighted by Crippen LogP contribution is -2.42. The van der Waals surface area contributed by atoms with E-state index in [1.165, 1.54) is 9.75 Å². The average molecular weight is 295 g/mol. The maximum absolute atomic E-state index is 12.1. The standard InChI is InChI=1S/C15H25N3OS/c1-12(10-14-5-4-13(2)20-14)17-15(19)11-18-8-3-6-16-7-9-18/h4-5,12,16H,3,6-11H2,1-2H3,(H,17,19). The average Bonchev–Trinajstić information content (AvgIpc) is 2.63. The number of rotatable bonds is 5. The van der Waals surface area contributed by atoms with Gasteiger partial charge in [-0.25, -0.2) is 0 Å². The Balaban J connectivity index is 1.72. The minimum Gasteiger partial charge on any atom is -0.352 e. The zero-order chi connectivity index (χ0) is 14.4. The monoisotopic (exact) mass is 295 g/mol. The Morgan fingerprint density at radius 1 is 1.45 bits per heavy atom. The van der Waals surface area contributed by atoms with Gasteiger partial charge in [-0.2, -0.15) is 0 Å². The second-order valence-electron chi connectivity index (χ2n) is 5.56. The van der Waals surface area contributed by atoms with E-state index in [1.54, 1.807) is 0 Å². The number of nitrogens with one attached hydrogen (secondary N) is 2. The normalized spacial score (nSPS) is 18.5. The summed E-state index contributed by atoms with van der Waals surface area (Å²) >= 11 is 1.81. The third kappa shape index (κ3) is 5.23. The maximum Gasteiger partial charge on any atom is 0.234 e. The lowest BCUT2D eigenvalue weighted by Gasteiger charge is -2.20. The summed E-state index contributed by atoms with van der Waals surface area (Å²) in [5, 5.41) is 6.47. The van der Waals surface area contributed by atoms with Crippen molar-refractivity contribution in [2.45, 2.75) is 32.7 Å². The molecule has 1 aliphatic rings. The van der Waals surface area contributed by atoms with Crippen molar-refractivity contribution in [3.8, 4) is 0 Å². The molecule has 2 rings (SSSR count). The molecular weight excluding hydrogens is 270 g/mol. The predicted octanol–water partition coefficient (Wildman–Crippen LogP) is 1.40. The van der Waals surface area contributed by atoms with Crippen molar-refractivity contribution in [1.29, 1.82) is 0 Å². The van der Waals surface area contributed by atoms with Crippen LogP contribution in [0.5, 0.6) is 0 Å². The number of hydrogen-bond donors (Lipinski definition) is 2.